The molecule has 190 valence electrons. The maximum absolute atomic E-state index is 13.6. The van der Waals surface area contributed by atoms with Crippen LogP contribution in [0.4, 0.5) is 17.1 Å². The Bertz CT molecular complexity index is 1280. The number of nitrogens with one attached hydrogen (secondary N) is 1. The van der Waals surface area contributed by atoms with Gasteiger partial charge in [-0.3, -0.25) is 9.10 Å². The van der Waals surface area contributed by atoms with Crippen molar-refractivity contribution in [3.63, 3.8) is 0 Å². The van der Waals surface area contributed by atoms with Gasteiger partial charge in [0.05, 0.1) is 38.0 Å². The summed E-state index contributed by atoms with van der Waals surface area (Å²) in [4.78, 5) is 15.4. The second kappa shape index (κ2) is 11.3. The van der Waals surface area contributed by atoms with Crippen LogP contribution in [0.15, 0.2) is 77.7 Å². The number of carbonyl (C=O) groups excluding carboxylic acids is 1. The highest BCUT2D eigenvalue weighted by molar-refractivity contribution is 7.92. The van der Waals surface area contributed by atoms with Crippen molar-refractivity contribution in [1.29, 1.82) is 0 Å². The SMILES string of the molecule is COc1ccc(OC)c(N(CC(=O)Nc2ccc(N3CCOCC3)cc2)S(=O)(=O)c2ccccc2)c1. The van der Waals surface area contributed by atoms with Crippen LogP contribution < -0.4 is 24.0 Å². The van der Waals surface area contributed by atoms with Crippen LogP contribution in [0, 0.1) is 0 Å². The summed E-state index contributed by atoms with van der Waals surface area (Å²) in [5.74, 6) is 0.217. The molecule has 0 radical (unpaired) electrons. The quantitative estimate of drug-likeness (QED) is 0.470. The highest BCUT2D eigenvalue weighted by atomic mass is 32.2. The summed E-state index contributed by atoms with van der Waals surface area (Å²) in [5.41, 5.74) is 1.79. The van der Waals surface area contributed by atoms with E-state index in [1.807, 2.05) is 12.1 Å². The molecule has 1 heterocycles. The normalized spacial score (nSPS) is 13.7. The zero-order chi connectivity index (χ0) is 25.5. The molecule has 1 fully saturated rings. The Hall–Kier alpha value is -3.76. The van der Waals surface area contributed by atoms with Gasteiger partial charge in [-0.25, -0.2) is 8.42 Å². The van der Waals surface area contributed by atoms with Crippen molar-refractivity contribution in [3.05, 3.63) is 72.8 Å². The molecule has 3 aromatic rings. The van der Waals surface area contributed by atoms with Crippen molar-refractivity contribution in [2.24, 2.45) is 0 Å². The van der Waals surface area contributed by atoms with Gasteiger partial charge in [-0.05, 0) is 48.5 Å². The molecule has 3 aromatic carbocycles. The van der Waals surface area contributed by atoms with Gasteiger partial charge in [0.25, 0.3) is 10.0 Å². The van der Waals surface area contributed by atoms with Gasteiger partial charge in [0.15, 0.2) is 0 Å². The summed E-state index contributed by atoms with van der Waals surface area (Å²) < 4.78 is 44.4. The summed E-state index contributed by atoms with van der Waals surface area (Å²) >= 11 is 0. The second-order valence-corrected chi connectivity index (χ2v) is 9.92. The highest BCUT2D eigenvalue weighted by Crippen LogP contribution is 2.35. The van der Waals surface area contributed by atoms with E-state index in [0.29, 0.717) is 24.7 Å². The molecule has 1 aliphatic heterocycles. The maximum atomic E-state index is 13.6. The third-order valence-corrected chi connectivity index (χ3v) is 7.57. The molecular formula is C26H29N3O6S. The van der Waals surface area contributed by atoms with Crippen molar-refractivity contribution in [2.45, 2.75) is 4.90 Å². The number of nitrogens with zero attached hydrogens (tertiary/aromatic N) is 2. The molecule has 0 saturated carbocycles. The Kier molecular flexibility index (Phi) is 7.97. The lowest BCUT2D eigenvalue weighted by molar-refractivity contribution is -0.114. The number of morpholine rings is 1. The average molecular weight is 512 g/mol. The van der Waals surface area contributed by atoms with E-state index in [1.54, 1.807) is 42.5 Å². The molecule has 1 amide bonds. The van der Waals surface area contributed by atoms with E-state index in [-0.39, 0.29) is 16.3 Å². The maximum Gasteiger partial charge on any atom is 0.264 e. The molecule has 0 aliphatic carbocycles. The minimum atomic E-state index is -4.10. The fourth-order valence-corrected chi connectivity index (χ4v) is 5.36. The number of benzene rings is 3. The first-order chi connectivity index (χ1) is 17.4. The molecule has 1 aliphatic rings. The Labute approximate surface area is 211 Å². The van der Waals surface area contributed by atoms with Crippen LogP contribution in [0.1, 0.15) is 0 Å². The monoisotopic (exact) mass is 511 g/mol. The molecule has 36 heavy (non-hydrogen) atoms. The summed E-state index contributed by atoms with van der Waals surface area (Å²) in [6.07, 6.45) is 0. The van der Waals surface area contributed by atoms with E-state index < -0.39 is 22.5 Å². The Morgan fingerprint density at radius 2 is 1.67 bits per heavy atom. The van der Waals surface area contributed by atoms with Crippen molar-refractivity contribution < 1.29 is 27.4 Å². The van der Waals surface area contributed by atoms with Crippen LogP contribution in [-0.2, 0) is 19.6 Å². The third kappa shape index (κ3) is 5.72. The first kappa shape index (κ1) is 25.3. The smallest absolute Gasteiger partial charge is 0.264 e. The van der Waals surface area contributed by atoms with E-state index in [4.69, 9.17) is 14.2 Å². The number of anilines is 3. The summed E-state index contributed by atoms with van der Waals surface area (Å²) in [6.45, 7) is 2.50. The molecule has 0 spiro atoms. The van der Waals surface area contributed by atoms with Gasteiger partial charge in [0, 0.05) is 30.5 Å². The number of rotatable bonds is 9. The van der Waals surface area contributed by atoms with Crippen LogP contribution in [0.25, 0.3) is 0 Å². The van der Waals surface area contributed by atoms with Crippen molar-refractivity contribution in [3.8, 4) is 11.5 Å². The lowest BCUT2D eigenvalue weighted by atomic mass is 10.2. The fraction of sp³-hybridized carbons (Fsp3) is 0.269. The number of methoxy groups -OCH3 is 2. The van der Waals surface area contributed by atoms with Gasteiger partial charge in [0.2, 0.25) is 5.91 Å². The minimum Gasteiger partial charge on any atom is -0.497 e. The Morgan fingerprint density at radius 3 is 2.31 bits per heavy atom. The average Bonchev–Trinajstić information content (AvgIpc) is 2.92. The van der Waals surface area contributed by atoms with Crippen LogP contribution in [0.5, 0.6) is 11.5 Å². The lowest BCUT2D eigenvalue weighted by Gasteiger charge is -2.29. The molecular weight excluding hydrogens is 482 g/mol. The topological polar surface area (TPSA) is 97.4 Å². The number of hydrogen-bond donors (Lipinski definition) is 1. The predicted octanol–water partition coefficient (Wildman–Crippen LogP) is 3.37. The number of amides is 1. The molecule has 0 bridgehead atoms. The highest BCUT2D eigenvalue weighted by Gasteiger charge is 2.30. The van der Waals surface area contributed by atoms with E-state index in [9.17, 15) is 13.2 Å². The van der Waals surface area contributed by atoms with E-state index in [2.05, 4.69) is 10.2 Å². The number of carbonyl (C=O) groups is 1. The zero-order valence-corrected chi connectivity index (χ0v) is 21.0. The molecule has 10 heteroatoms. The van der Waals surface area contributed by atoms with Crippen LogP contribution >= 0.6 is 0 Å². The number of sulfonamides is 1. The lowest BCUT2D eigenvalue weighted by Crippen LogP contribution is -2.38. The third-order valence-electron chi connectivity index (χ3n) is 5.80. The van der Waals surface area contributed by atoms with Gasteiger partial charge in [-0.1, -0.05) is 18.2 Å². The summed E-state index contributed by atoms with van der Waals surface area (Å²) in [6, 6.07) is 20.2. The standard InChI is InChI=1S/C26H29N3O6S/c1-33-22-12-13-25(34-2)24(18-22)29(36(31,32)23-6-4-3-5-7-23)19-26(30)27-20-8-10-21(11-9-20)28-14-16-35-17-15-28/h3-13,18H,14-17,19H2,1-2H3,(H,27,30). The van der Waals surface area contributed by atoms with E-state index in [0.717, 1.165) is 23.1 Å². The number of hydrogen-bond acceptors (Lipinski definition) is 7. The first-order valence-corrected chi connectivity index (χ1v) is 12.9. The fourth-order valence-electron chi connectivity index (χ4n) is 3.92. The van der Waals surface area contributed by atoms with Crippen LogP contribution in [0.2, 0.25) is 0 Å². The first-order valence-electron chi connectivity index (χ1n) is 11.4. The largest absolute Gasteiger partial charge is 0.497 e. The molecule has 4 rings (SSSR count). The summed E-state index contributed by atoms with van der Waals surface area (Å²) in [7, 11) is -1.18. The molecule has 0 atom stereocenters. The van der Waals surface area contributed by atoms with Crippen molar-refractivity contribution >= 4 is 33.0 Å². The van der Waals surface area contributed by atoms with Crippen LogP contribution in [0.3, 0.4) is 0 Å². The minimum absolute atomic E-state index is 0.0533. The van der Waals surface area contributed by atoms with Gasteiger partial charge in [-0.2, -0.15) is 0 Å². The Morgan fingerprint density at radius 1 is 0.972 bits per heavy atom. The number of ether oxygens (including phenoxy) is 3. The van der Waals surface area contributed by atoms with Crippen molar-refractivity contribution in [1.82, 2.24) is 0 Å². The molecule has 9 nitrogen and oxygen atoms in total. The van der Waals surface area contributed by atoms with E-state index in [1.165, 1.54) is 32.4 Å². The second-order valence-electron chi connectivity index (χ2n) is 8.06. The molecule has 1 saturated heterocycles. The van der Waals surface area contributed by atoms with Gasteiger partial charge in [0.1, 0.15) is 18.0 Å². The molecule has 0 unspecified atom stereocenters. The molecule has 1 N–H and O–H groups in total. The summed E-state index contributed by atoms with van der Waals surface area (Å²) in [5, 5.41) is 2.80. The van der Waals surface area contributed by atoms with Gasteiger partial charge < -0.3 is 24.4 Å². The van der Waals surface area contributed by atoms with E-state index >= 15 is 0 Å². The van der Waals surface area contributed by atoms with Crippen LogP contribution in [-0.4, -0.2) is 61.4 Å². The Balaban J connectivity index is 1.60. The van der Waals surface area contributed by atoms with Gasteiger partial charge in [-0.15, -0.1) is 0 Å². The zero-order valence-electron chi connectivity index (χ0n) is 20.2. The van der Waals surface area contributed by atoms with Crippen molar-refractivity contribution in [2.75, 3.05) is 61.6 Å². The van der Waals surface area contributed by atoms with Gasteiger partial charge >= 0.3 is 0 Å². The predicted molar refractivity (Wildman–Crippen MR) is 139 cm³/mol. The molecule has 0 aromatic heterocycles.